The van der Waals surface area contributed by atoms with Crippen molar-refractivity contribution in [2.75, 3.05) is 0 Å². The van der Waals surface area contributed by atoms with E-state index in [9.17, 15) is 9.18 Å². The Kier molecular flexibility index (Phi) is 10.9. The summed E-state index contributed by atoms with van der Waals surface area (Å²) in [5, 5.41) is 8.44. The van der Waals surface area contributed by atoms with E-state index in [4.69, 9.17) is 10.00 Å². The summed E-state index contributed by atoms with van der Waals surface area (Å²) >= 11 is 0. The zero-order chi connectivity index (χ0) is 24.2. The number of hydrogen-bond donors (Lipinski definition) is 0. The standard InChI is InChI=1S/C30H40FNO2/c1-2-3-4-5-7-23-10-14-25(15-11-23)26-16-18-27(19-17-26)30(33)34-29-20-12-24(13-21-29)8-6-9-28(31)22-32/h6,8-11,14-15,24,26-27,29H,2-5,7,12-13,16-21H2,1H3. The lowest BCUT2D eigenvalue weighted by atomic mass is 9.78. The van der Waals surface area contributed by atoms with E-state index in [0.29, 0.717) is 11.8 Å². The van der Waals surface area contributed by atoms with Gasteiger partial charge in [0, 0.05) is 0 Å². The third-order valence-electron chi connectivity index (χ3n) is 7.56. The van der Waals surface area contributed by atoms with Crippen molar-refractivity contribution >= 4 is 5.97 Å². The molecule has 0 unspecified atom stereocenters. The maximum Gasteiger partial charge on any atom is 0.309 e. The summed E-state index contributed by atoms with van der Waals surface area (Å²) in [5.74, 6) is 0.157. The van der Waals surface area contributed by atoms with Gasteiger partial charge in [0.2, 0.25) is 0 Å². The van der Waals surface area contributed by atoms with Crippen LogP contribution in [0, 0.1) is 23.2 Å². The molecule has 0 bridgehead atoms. The number of carbonyl (C=O) groups is 1. The molecule has 1 aromatic rings. The molecule has 0 aliphatic heterocycles. The second-order valence-electron chi connectivity index (χ2n) is 10.1. The monoisotopic (exact) mass is 465 g/mol. The molecule has 0 amide bonds. The van der Waals surface area contributed by atoms with Crippen LogP contribution in [-0.2, 0) is 16.0 Å². The highest BCUT2D eigenvalue weighted by Crippen LogP contribution is 2.37. The second kappa shape index (κ2) is 14.1. The van der Waals surface area contributed by atoms with Crippen LogP contribution in [0.1, 0.15) is 101 Å². The summed E-state index contributed by atoms with van der Waals surface area (Å²) in [6.07, 6.45) is 18.7. The Morgan fingerprint density at radius 2 is 1.74 bits per heavy atom. The van der Waals surface area contributed by atoms with E-state index < -0.39 is 5.83 Å². The van der Waals surface area contributed by atoms with Gasteiger partial charge in [0.05, 0.1) is 5.92 Å². The number of halogens is 1. The van der Waals surface area contributed by atoms with Crippen molar-refractivity contribution in [3.05, 3.63) is 59.4 Å². The van der Waals surface area contributed by atoms with Crippen LogP contribution in [0.4, 0.5) is 4.39 Å². The number of esters is 1. The van der Waals surface area contributed by atoms with Crippen LogP contribution in [-0.4, -0.2) is 12.1 Å². The molecule has 2 fully saturated rings. The van der Waals surface area contributed by atoms with Crippen LogP contribution >= 0.6 is 0 Å². The minimum absolute atomic E-state index is 0.00568. The number of allylic oxidation sites excluding steroid dienone is 4. The topological polar surface area (TPSA) is 50.1 Å². The summed E-state index contributed by atoms with van der Waals surface area (Å²) in [6.45, 7) is 2.25. The van der Waals surface area contributed by atoms with Crippen molar-refractivity contribution in [3.63, 3.8) is 0 Å². The van der Waals surface area contributed by atoms with Crippen LogP contribution in [0.25, 0.3) is 0 Å². The van der Waals surface area contributed by atoms with Crippen LogP contribution < -0.4 is 0 Å². The molecule has 0 heterocycles. The Morgan fingerprint density at radius 1 is 1.03 bits per heavy atom. The first-order valence-electron chi connectivity index (χ1n) is 13.3. The van der Waals surface area contributed by atoms with E-state index in [1.54, 1.807) is 6.08 Å². The van der Waals surface area contributed by atoms with E-state index in [0.717, 1.165) is 51.4 Å². The fourth-order valence-electron chi connectivity index (χ4n) is 5.37. The first-order valence-corrected chi connectivity index (χ1v) is 13.3. The molecule has 0 atom stereocenters. The molecule has 2 saturated carbocycles. The number of rotatable bonds is 10. The van der Waals surface area contributed by atoms with Crippen molar-refractivity contribution in [3.8, 4) is 6.07 Å². The van der Waals surface area contributed by atoms with E-state index in [1.165, 1.54) is 55.4 Å². The lowest BCUT2D eigenvalue weighted by Crippen LogP contribution is -2.29. The minimum Gasteiger partial charge on any atom is -0.462 e. The fourth-order valence-corrected chi connectivity index (χ4v) is 5.37. The van der Waals surface area contributed by atoms with Crippen molar-refractivity contribution in [1.29, 1.82) is 5.26 Å². The predicted octanol–water partition coefficient (Wildman–Crippen LogP) is 8.12. The smallest absolute Gasteiger partial charge is 0.309 e. The molecule has 4 heteroatoms. The molecule has 0 saturated heterocycles. The SMILES string of the molecule is CCCCCCc1ccc(C2CCC(C(=O)OC3CCC(C=CC=C(F)C#N)CC3)CC2)cc1. The number of ether oxygens (including phenoxy) is 1. The molecular formula is C30H40FNO2. The van der Waals surface area contributed by atoms with Gasteiger partial charge in [-0.25, -0.2) is 0 Å². The van der Waals surface area contributed by atoms with Gasteiger partial charge in [0.15, 0.2) is 5.83 Å². The number of hydrogen-bond acceptors (Lipinski definition) is 3. The van der Waals surface area contributed by atoms with Crippen molar-refractivity contribution in [2.45, 2.75) is 102 Å². The summed E-state index contributed by atoms with van der Waals surface area (Å²) in [5.41, 5.74) is 2.85. The summed E-state index contributed by atoms with van der Waals surface area (Å²) in [4.78, 5) is 12.7. The molecule has 3 nitrogen and oxygen atoms in total. The van der Waals surface area contributed by atoms with E-state index >= 15 is 0 Å². The maximum atomic E-state index is 12.9. The normalized spacial score (nSPS) is 25.7. The lowest BCUT2D eigenvalue weighted by Gasteiger charge is -2.31. The first-order chi connectivity index (χ1) is 16.6. The fraction of sp³-hybridized carbons (Fsp3) is 0.600. The highest BCUT2D eigenvalue weighted by Gasteiger charge is 2.30. The number of nitriles is 1. The van der Waals surface area contributed by atoms with E-state index in [-0.39, 0.29) is 18.0 Å². The van der Waals surface area contributed by atoms with Crippen LogP contribution in [0.2, 0.25) is 0 Å². The number of benzene rings is 1. The number of nitrogens with zero attached hydrogens (tertiary/aromatic N) is 1. The van der Waals surface area contributed by atoms with Gasteiger partial charge >= 0.3 is 5.97 Å². The summed E-state index contributed by atoms with van der Waals surface area (Å²) < 4.78 is 18.7. The Balaban J connectivity index is 1.36. The zero-order valence-corrected chi connectivity index (χ0v) is 20.7. The Hall–Kier alpha value is -2.41. The molecule has 0 N–H and O–H groups in total. The minimum atomic E-state index is -0.775. The third kappa shape index (κ3) is 8.42. The van der Waals surface area contributed by atoms with Crippen LogP contribution in [0.15, 0.2) is 48.3 Å². The molecule has 2 aliphatic carbocycles. The number of carbonyl (C=O) groups excluding carboxylic acids is 1. The van der Waals surface area contributed by atoms with E-state index in [1.807, 2.05) is 6.08 Å². The second-order valence-corrected chi connectivity index (χ2v) is 10.1. The third-order valence-corrected chi connectivity index (χ3v) is 7.56. The molecule has 1 aromatic carbocycles. The van der Waals surface area contributed by atoms with Crippen molar-refractivity contribution in [2.24, 2.45) is 11.8 Å². The first kappa shape index (κ1) is 26.2. The van der Waals surface area contributed by atoms with Gasteiger partial charge in [0.1, 0.15) is 12.2 Å². The molecule has 0 radical (unpaired) electrons. The molecule has 34 heavy (non-hydrogen) atoms. The predicted molar refractivity (Wildman–Crippen MR) is 135 cm³/mol. The Labute approximate surface area is 205 Å². The average molecular weight is 466 g/mol. The van der Waals surface area contributed by atoms with Crippen LogP contribution in [0.5, 0.6) is 0 Å². The van der Waals surface area contributed by atoms with Gasteiger partial charge < -0.3 is 4.74 Å². The van der Waals surface area contributed by atoms with Crippen LogP contribution in [0.3, 0.4) is 0 Å². The Morgan fingerprint density at radius 3 is 2.38 bits per heavy atom. The maximum absolute atomic E-state index is 12.9. The Bertz CT molecular complexity index is 851. The van der Waals surface area contributed by atoms with Gasteiger partial charge in [0.25, 0.3) is 0 Å². The molecule has 0 spiro atoms. The molecule has 3 rings (SSSR count). The summed E-state index contributed by atoms with van der Waals surface area (Å²) in [7, 11) is 0. The van der Waals surface area contributed by atoms with Crippen molar-refractivity contribution in [1.82, 2.24) is 0 Å². The highest BCUT2D eigenvalue weighted by molar-refractivity contribution is 5.72. The lowest BCUT2D eigenvalue weighted by molar-refractivity contribution is -0.157. The number of aryl methyl sites for hydroxylation is 1. The van der Waals surface area contributed by atoms with Gasteiger partial charge in [-0.1, -0.05) is 62.6 Å². The summed E-state index contributed by atoms with van der Waals surface area (Å²) in [6, 6.07) is 10.7. The molecular weight excluding hydrogens is 425 g/mol. The van der Waals surface area contributed by atoms with Crippen molar-refractivity contribution < 1.29 is 13.9 Å². The van der Waals surface area contributed by atoms with Gasteiger partial charge in [-0.2, -0.15) is 9.65 Å². The average Bonchev–Trinajstić information content (AvgIpc) is 2.88. The van der Waals surface area contributed by atoms with Gasteiger partial charge in [-0.3, -0.25) is 4.79 Å². The largest absolute Gasteiger partial charge is 0.462 e. The van der Waals surface area contributed by atoms with E-state index in [2.05, 4.69) is 31.2 Å². The van der Waals surface area contributed by atoms with Gasteiger partial charge in [-0.15, -0.1) is 0 Å². The molecule has 0 aromatic heterocycles. The zero-order valence-electron chi connectivity index (χ0n) is 20.7. The van der Waals surface area contributed by atoms with Gasteiger partial charge in [-0.05, 0) is 93.2 Å². The molecule has 184 valence electrons. The number of unbranched alkanes of at least 4 members (excludes halogenated alkanes) is 3. The highest BCUT2D eigenvalue weighted by atomic mass is 19.1. The molecule has 2 aliphatic rings. The quantitative estimate of drug-likeness (QED) is 0.152.